The van der Waals surface area contributed by atoms with E-state index in [-0.39, 0.29) is 22.8 Å². The van der Waals surface area contributed by atoms with Gasteiger partial charge in [-0.25, -0.2) is 9.97 Å². The number of likely N-dealkylation sites (N-methyl/N-ethyl adjacent to an activating group) is 1. The first kappa shape index (κ1) is 19.1. The summed E-state index contributed by atoms with van der Waals surface area (Å²) < 4.78 is 5.59. The topological polar surface area (TPSA) is 107 Å². The molecule has 0 saturated carbocycles. The lowest BCUT2D eigenvalue weighted by Gasteiger charge is -2.21. The first-order valence-corrected chi connectivity index (χ1v) is 8.81. The average Bonchev–Trinajstić information content (AvgIpc) is 2.54. The Morgan fingerprint density at radius 1 is 1.28 bits per heavy atom. The van der Waals surface area contributed by atoms with Crippen LogP contribution in [-0.4, -0.2) is 46.2 Å². The van der Waals surface area contributed by atoms with E-state index < -0.39 is 0 Å². The molecule has 0 bridgehead atoms. The van der Waals surface area contributed by atoms with Gasteiger partial charge in [0.05, 0.1) is 11.8 Å². The molecule has 0 unspecified atom stereocenters. The number of nitrogen functional groups attached to an aromatic ring is 2. The van der Waals surface area contributed by atoms with Crippen molar-refractivity contribution in [1.29, 1.82) is 0 Å². The normalized spacial score (nSPS) is 11.8. The molecule has 0 spiro atoms. The molecule has 25 heavy (non-hydrogen) atoms. The largest absolute Gasteiger partial charge is 0.492 e. The molecule has 9 heteroatoms. The number of hydrogen-bond acceptors (Lipinski definition) is 7. The Morgan fingerprint density at radius 3 is 2.48 bits per heavy atom. The zero-order valence-electron chi connectivity index (χ0n) is 14.0. The van der Waals surface area contributed by atoms with Crippen molar-refractivity contribution in [3.8, 4) is 5.75 Å². The van der Waals surface area contributed by atoms with Gasteiger partial charge < -0.3 is 21.1 Å². The molecule has 1 heterocycles. The van der Waals surface area contributed by atoms with Crippen LogP contribution in [0.3, 0.4) is 0 Å². The summed E-state index contributed by atoms with van der Waals surface area (Å²) in [6, 6.07) is 8.54. The third-order valence-electron chi connectivity index (χ3n) is 3.26. The van der Waals surface area contributed by atoms with Crippen molar-refractivity contribution in [3.05, 3.63) is 35.4 Å². The smallest absolute Gasteiger partial charge is 0.235 e. The van der Waals surface area contributed by atoms with Gasteiger partial charge in [0.1, 0.15) is 24.0 Å². The Hall–Kier alpha value is -2.19. The number of aromatic nitrogens is 2. The molecule has 0 saturated heterocycles. The maximum Gasteiger partial charge on any atom is 0.235 e. The van der Waals surface area contributed by atoms with Crippen molar-refractivity contribution in [2.45, 2.75) is 17.3 Å². The van der Waals surface area contributed by atoms with Gasteiger partial charge in [-0.2, -0.15) is 0 Å². The number of halogens is 1. The van der Waals surface area contributed by atoms with Crippen LogP contribution in [-0.2, 0) is 4.79 Å². The molecule has 1 aromatic carbocycles. The van der Waals surface area contributed by atoms with Crippen LogP contribution in [0.5, 0.6) is 5.75 Å². The van der Waals surface area contributed by atoms with Crippen molar-refractivity contribution in [3.63, 3.8) is 0 Å². The maximum atomic E-state index is 12.4. The summed E-state index contributed by atoms with van der Waals surface area (Å²) in [5, 5.41) is 0.654. The van der Waals surface area contributed by atoms with E-state index in [9.17, 15) is 4.79 Å². The summed E-state index contributed by atoms with van der Waals surface area (Å²) in [4.78, 5) is 22.2. The lowest BCUT2D eigenvalue weighted by atomic mass is 10.3. The van der Waals surface area contributed by atoms with E-state index in [1.165, 1.54) is 17.8 Å². The second-order valence-corrected chi connectivity index (χ2v) is 7.07. The van der Waals surface area contributed by atoms with Crippen LogP contribution in [0.25, 0.3) is 0 Å². The third kappa shape index (κ3) is 5.99. The van der Waals surface area contributed by atoms with Crippen LogP contribution in [0.4, 0.5) is 11.6 Å². The van der Waals surface area contributed by atoms with Gasteiger partial charge in [-0.05, 0) is 31.2 Å². The van der Waals surface area contributed by atoms with Crippen LogP contribution >= 0.6 is 23.4 Å². The monoisotopic (exact) mass is 381 g/mol. The molecule has 0 radical (unpaired) electrons. The molecule has 134 valence electrons. The van der Waals surface area contributed by atoms with E-state index in [0.29, 0.717) is 29.1 Å². The number of benzene rings is 1. The van der Waals surface area contributed by atoms with Gasteiger partial charge in [-0.1, -0.05) is 23.4 Å². The predicted molar refractivity (Wildman–Crippen MR) is 101 cm³/mol. The van der Waals surface area contributed by atoms with Gasteiger partial charge in [0.2, 0.25) is 5.91 Å². The third-order valence-corrected chi connectivity index (χ3v) is 4.46. The minimum atomic E-state index is -0.373. The Kier molecular flexibility index (Phi) is 6.72. The lowest BCUT2D eigenvalue weighted by molar-refractivity contribution is -0.129. The van der Waals surface area contributed by atoms with Crippen molar-refractivity contribution < 1.29 is 9.53 Å². The van der Waals surface area contributed by atoms with E-state index in [2.05, 4.69) is 9.97 Å². The van der Waals surface area contributed by atoms with Crippen LogP contribution in [0.2, 0.25) is 5.02 Å². The molecule has 2 aromatic rings. The van der Waals surface area contributed by atoms with E-state index in [1.807, 2.05) is 0 Å². The number of ether oxygens (including phenoxy) is 1. The number of nitrogens with two attached hydrogens (primary N) is 2. The molecule has 0 aliphatic rings. The van der Waals surface area contributed by atoms with Gasteiger partial charge in [0.15, 0.2) is 5.16 Å². The zero-order chi connectivity index (χ0) is 18.4. The quantitative estimate of drug-likeness (QED) is 0.559. The van der Waals surface area contributed by atoms with Gasteiger partial charge in [-0.15, -0.1) is 0 Å². The summed E-state index contributed by atoms with van der Waals surface area (Å²) in [7, 11) is 1.72. The number of anilines is 2. The number of carbonyl (C=O) groups is 1. The summed E-state index contributed by atoms with van der Waals surface area (Å²) in [6.07, 6.45) is 0. The number of amides is 1. The summed E-state index contributed by atoms with van der Waals surface area (Å²) in [5.74, 6) is 1.20. The summed E-state index contributed by atoms with van der Waals surface area (Å²) in [5.41, 5.74) is 11.3. The second kappa shape index (κ2) is 8.77. The van der Waals surface area contributed by atoms with Crippen molar-refractivity contribution >= 4 is 40.9 Å². The molecular formula is C16H20ClN5O2S. The number of nitrogens with zero attached hydrogens (tertiary/aromatic N) is 3. The Balaban J connectivity index is 1.82. The maximum absolute atomic E-state index is 12.4. The number of hydrogen-bond donors (Lipinski definition) is 2. The van der Waals surface area contributed by atoms with Gasteiger partial charge >= 0.3 is 0 Å². The van der Waals surface area contributed by atoms with Crippen LogP contribution in [0.1, 0.15) is 6.92 Å². The van der Waals surface area contributed by atoms with Crippen LogP contribution in [0.15, 0.2) is 35.5 Å². The molecule has 0 fully saturated rings. The molecular weight excluding hydrogens is 362 g/mol. The first-order valence-electron chi connectivity index (χ1n) is 7.55. The molecule has 2 rings (SSSR count). The van der Waals surface area contributed by atoms with E-state index in [1.54, 1.807) is 43.1 Å². The van der Waals surface area contributed by atoms with E-state index in [0.717, 1.165) is 0 Å². The number of rotatable bonds is 7. The highest BCUT2D eigenvalue weighted by atomic mass is 35.5. The molecule has 4 N–H and O–H groups in total. The molecule has 1 amide bonds. The predicted octanol–water partition coefficient (Wildman–Crippen LogP) is 2.31. The zero-order valence-corrected chi connectivity index (χ0v) is 15.5. The highest BCUT2D eigenvalue weighted by Gasteiger charge is 2.20. The standard InChI is InChI=1S/C16H20ClN5O2S/c1-10(25-16-20-13(18)9-14(19)21-16)15(23)22(2)7-8-24-12-5-3-11(17)4-6-12/h3-6,9-10H,7-8H2,1-2H3,(H4,18,19,20,21)/t10-/m1/s1. The molecule has 0 aliphatic carbocycles. The summed E-state index contributed by atoms with van der Waals surface area (Å²) in [6.45, 7) is 2.61. The fourth-order valence-corrected chi connectivity index (χ4v) is 3.01. The van der Waals surface area contributed by atoms with Gasteiger partial charge in [-0.3, -0.25) is 4.79 Å². The Morgan fingerprint density at radius 2 is 1.88 bits per heavy atom. The minimum Gasteiger partial charge on any atom is -0.492 e. The second-order valence-electron chi connectivity index (χ2n) is 5.32. The number of thioether (sulfide) groups is 1. The lowest BCUT2D eigenvalue weighted by Crippen LogP contribution is -2.36. The van der Waals surface area contributed by atoms with Crippen molar-refractivity contribution in [2.75, 3.05) is 31.7 Å². The first-order chi connectivity index (χ1) is 11.8. The van der Waals surface area contributed by atoms with E-state index in [4.69, 9.17) is 27.8 Å². The molecule has 1 atom stereocenters. The van der Waals surface area contributed by atoms with E-state index >= 15 is 0 Å². The number of carbonyl (C=O) groups excluding carboxylic acids is 1. The molecule has 1 aromatic heterocycles. The Labute approximate surface area is 155 Å². The fourth-order valence-electron chi connectivity index (χ4n) is 1.97. The van der Waals surface area contributed by atoms with Crippen molar-refractivity contribution in [2.24, 2.45) is 0 Å². The minimum absolute atomic E-state index is 0.0608. The Bertz CT molecular complexity index is 709. The summed E-state index contributed by atoms with van der Waals surface area (Å²) >= 11 is 7.03. The van der Waals surface area contributed by atoms with Gasteiger partial charge in [0.25, 0.3) is 0 Å². The van der Waals surface area contributed by atoms with Crippen LogP contribution in [0, 0.1) is 0 Å². The molecule has 7 nitrogen and oxygen atoms in total. The molecule has 0 aliphatic heterocycles. The fraction of sp³-hybridized carbons (Fsp3) is 0.312. The van der Waals surface area contributed by atoms with Crippen molar-refractivity contribution in [1.82, 2.24) is 14.9 Å². The highest BCUT2D eigenvalue weighted by Crippen LogP contribution is 2.22. The van der Waals surface area contributed by atoms with Gasteiger partial charge in [0, 0.05) is 18.1 Å². The SMILES string of the molecule is C[C@@H](Sc1nc(N)cc(N)n1)C(=O)N(C)CCOc1ccc(Cl)cc1. The highest BCUT2D eigenvalue weighted by molar-refractivity contribution is 8.00. The average molecular weight is 382 g/mol. The van der Waals surface area contributed by atoms with Crippen LogP contribution < -0.4 is 16.2 Å².